The van der Waals surface area contributed by atoms with Gasteiger partial charge < -0.3 is 4.74 Å². The fourth-order valence-corrected chi connectivity index (χ4v) is 5.12. The molecule has 27 heavy (non-hydrogen) atoms. The number of ether oxygens (including phenoxy) is 1. The lowest BCUT2D eigenvalue weighted by Crippen LogP contribution is -2.24. The fourth-order valence-electron chi connectivity index (χ4n) is 2.70. The zero-order valence-electron chi connectivity index (χ0n) is 15.1. The average Bonchev–Trinajstić information content (AvgIpc) is 2.71. The molecule has 136 valence electrons. The molecule has 3 aromatic carbocycles. The number of rotatable bonds is 6. The molecule has 0 aliphatic heterocycles. The monoisotopic (exact) mass is 376 g/mol. The van der Waals surface area contributed by atoms with Crippen LogP contribution in [0.5, 0.6) is 0 Å². The Bertz CT molecular complexity index is 859. The van der Waals surface area contributed by atoms with E-state index >= 15 is 0 Å². The molecule has 0 saturated heterocycles. The Hall–Kier alpha value is -2.97. The first-order valence-electron chi connectivity index (χ1n) is 8.74. The molecule has 1 N–H and O–H groups in total. The van der Waals surface area contributed by atoms with Gasteiger partial charge in [-0.05, 0) is 30.8 Å². The topological polar surface area (TPSA) is 50.7 Å². The molecule has 1 amide bonds. The van der Waals surface area contributed by atoms with E-state index in [0.29, 0.717) is 6.61 Å². The number of carbonyl (C=O) groups excluding carboxylic acids is 1. The van der Waals surface area contributed by atoms with Crippen molar-refractivity contribution in [3.63, 3.8) is 0 Å². The summed E-state index contributed by atoms with van der Waals surface area (Å²) in [7, 11) is -0.741. The van der Waals surface area contributed by atoms with Crippen LogP contribution in [-0.2, 0) is 4.74 Å². The standard InChI is InChI=1S/C22H21N2O2P/c1-2-26-22(25)24-23-17-18-11-9-10-16-21(18)27(19-12-5-3-6-13-19)20-14-7-4-8-15-20/h3-17H,2H2,1H3,(H,24,25)/b23-17+. The molecule has 3 rings (SSSR count). The van der Waals surface area contributed by atoms with Gasteiger partial charge in [-0.3, -0.25) is 0 Å². The van der Waals surface area contributed by atoms with E-state index in [0.717, 1.165) is 5.56 Å². The summed E-state index contributed by atoms with van der Waals surface area (Å²) in [5.74, 6) is 0. The van der Waals surface area contributed by atoms with E-state index in [1.165, 1.54) is 15.9 Å². The maximum atomic E-state index is 11.5. The molecule has 0 fully saturated rings. The highest BCUT2D eigenvalue weighted by atomic mass is 31.1. The van der Waals surface area contributed by atoms with Crippen molar-refractivity contribution in [1.82, 2.24) is 5.43 Å². The zero-order valence-corrected chi connectivity index (χ0v) is 16.0. The fraction of sp³-hybridized carbons (Fsp3) is 0.0909. The van der Waals surface area contributed by atoms with Crippen molar-refractivity contribution in [3.05, 3.63) is 90.5 Å². The van der Waals surface area contributed by atoms with Gasteiger partial charge in [-0.25, -0.2) is 10.2 Å². The lowest BCUT2D eigenvalue weighted by atomic mass is 10.2. The van der Waals surface area contributed by atoms with Crippen LogP contribution in [0.1, 0.15) is 12.5 Å². The summed E-state index contributed by atoms with van der Waals surface area (Å²) in [6.45, 7) is 2.07. The van der Waals surface area contributed by atoms with Gasteiger partial charge in [0, 0.05) is 5.56 Å². The van der Waals surface area contributed by atoms with E-state index < -0.39 is 14.0 Å². The molecule has 3 aromatic rings. The second kappa shape index (κ2) is 9.65. The third kappa shape index (κ3) is 5.02. The third-order valence-electron chi connectivity index (χ3n) is 3.84. The Morgan fingerprint density at radius 3 is 2.07 bits per heavy atom. The Morgan fingerprint density at radius 1 is 0.926 bits per heavy atom. The first kappa shape index (κ1) is 18.8. The van der Waals surface area contributed by atoms with Crippen LogP contribution in [0.15, 0.2) is 90.0 Å². The number of amides is 1. The van der Waals surface area contributed by atoms with E-state index in [4.69, 9.17) is 4.74 Å². The molecule has 0 heterocycles. The Labute approximate surface area is 160 Å². The molecule has 0 spiro atoms. The second-order valence-corrected chi connectivity index (χ2v) is 7.84. The average molecular weight is 376 g/mol. The van der Waals surface area contributed by atoms with Gasteiger partial charge in [-0.1, -0.05) is 84.9 Å². The minimum Gasteiger partial charge on any atom is -0.449 e. The van der Waals surface area contributed by atoms with Gasteiger partial charge in [0.15, 0.2) is 0 Å². The van der Waals surface area contributed by atoms with Crippen molar-refractivity contribution in [1.29, 1.82) is 0 Å². The highest BCUT2D eigenvalue weighted by Gasteiger charge is 2.18. The van der Waals surface area contributed by atoms with Gasteiger partial charge in [0.25, 0.3) is 0 Å². The lowest BCUT2D eigenvalue weighted by molar-refractivity contribution is 0.152. The van der Waals surface area contributed by atoms with Crippen LogP contribution in [0.4, 0.5) is 4.79 Å². The summed E-state index contributed by atoms with van der Waals surface area (Å²) in [5, 5.41) is 7.76. The van der Waals surface area contributed by atoms with Crippen molar-refractivity contribution in [2.75, 3.05) is 6.61 Å². The molecule has 0 atom stereocenters. The summed E-state index contributed by atoms with van der Waals surface area (Å²) in [6.07, 6.45) is 1.12. The normalized spacial score (nSPS) is 10.9. The van der Waals surface area contributed by atoms with E-state index in [1.54, 1.807) is 13.1 Å². The number of carbonyl (C=O) groups is 1. The van der Waals surface area contributed by atoms with E-state index in [2.05, 4.69) is 65.1 Å². The van der Waals surface area contributed by atoms with Crippen molar-refractivity contribution in [2.24, 2.45) is 5.10 Å². The smallest absolute Gasteiger partial charge is 0.427 e. The number of hydrazone groups is 1. The molecular formula is C22H21N2O2P. The predicted molar refractivity (Wildman–Crippen MR) is 113 cm³/mol. The Morgan fingerprint density at radius 2 is 1.48 bits per heavy atom. The van der Waals surface area contributed by atoms with E-state index in [1.807, 2.05) is 30.3 Å². The van der Waals surface area contributed by atoms with Gasteiger partial charge in [-0.15, -0.1) is 0 Å². The molecule has 5 heteroatoms. The molecule has 0 radical (unpaired) electrons. The summed E-state index contributed by atoms with van der Waals surface area (Å²) in [5.41, 5.74) is 3.36. The SMILES string of the molecule is CCOC(=O)N/N=C/c1ccccc1P(c1ccccc1)c1ccccc1. The molecule has 4 nitrogen and oxygen atoms in total. The number of benzene rings is 3. The number of hydrogen-bond donors (Lipinski definition) is 1. The highest BCUT2D eigenvalue weighted by molar-refractivity contribution is 7.80. The van der Waals surface area contributed by atoms with Crippen LogP contribution in [0.3, 0.4) is 0 Å². The van der Waals surface area contributed by atoms with Crippen molar-refractivity contribution in [3.8, 4) is 0 Å². The number of nitrogens with one attached hydrogen (secondary N) is 1. The maximum Gasteiger partial charge on any atom is 0.427 e. The largest absolute Gasteiger partial charge is 0.449 e. The molecule has 0 bridgehead atoms. The Kier molecular flexibility index (Phi) is 6.72. The molecule has 0 aliphatic carbocycles. The highest BCUT2D eigenvalue weighted by Crippen LogP contribution is 2.33. The second-order valence-electron chi connectivity index (χ2n) is 5.66. The minimum atomic E-state index is -0.741. The molecule has 0 saturated carbocycles. The van der Waals surface area contributed by atoms with Gasteiger partial charge >= 0.3 is 6.09 Å². The quantitative estimate of drug-likeness (QED) is 0.407. The summed E-state index contributed by atoms with van der Waals surface area (Å²) >= 11 is 0. The third-order valence-corrected chi connectivity index (χ3v) is 6.36. The minimum absolute atomic E-state index is 0.311. The Balaban J connectivity index is 1.98. The number of hydrogen-bond acceptors (Lipinski definition) is 3. The first-order valence-corrected chi connectivity index (χ1v) is 10.1. The van der Waals surface area contributed by atoms with E-state index in [-0.39, 0.29) is 0 Å². The molecule has 0 aliphatic rings. The van der Waals surface area contributed by atoms with Gasteiger partial charge in [0.2, 0.25) is 0 Å². The van der Waals surface area contributed by atoms with Crippen LogP contribution in [0.25, 0.3) is 0 Å². The van der Waals surface area contributed by atoms with Crippen LogP contribution >= 0.6 is 7.92 Å². The van der Waals surface area contributed by atoms with Crippen LogP contribution in [-0.4, -0.2) is 18.9 Å². The summed E-state index contributed by atoms with van der Waals surface area (Å²) in [4.78, 5) is 11.5. The summed E-state index contributed by atoms with van der Waals surface area (Å²) < 4.78 is 4.84. The van der Waals surface area contributed by atoms with Crippen LogP contribution in [0, 0.1) is 0 Å². The zero-order chi connectivity index (χ0) is 18.9. The lowest BCUT2D eigenvalue weighted by Gasteiger charge is -2.21. The van der Waals surface area contributed by atoms with Gasteiger partial charge in [-0.2, -0.15) is 5.10 Å². The van der Waals surface area contributed by atoms with Crippen LogP contribution < -0.4 is 21.3 Å². The van der Waals surface area contributed by atoms with Gasteiger partial charge in [0.05, 0.1) is 12.8 Å². The maximum absolute atomic E-state index is 11.5. The molecule has 0 aromatic heterocycles. The predicted octanol–water partition coefficient (Wildman–Crippen LogP) is 3.52. The summed E-state index contributed by atoms with van der Waals surface area (Å²) in [6, 6.07) is 29.1. The number of nitrogens with zero attached hydrogens (tertiary/aromatic N) is 1. The van der Waals surface area contributed by atoms with Crippen molar-refractivity contribution in [2.45, 2.75) is 6.92 Å². The van der Waals surface area contributed by atoms with Crippen molar-refractivity contribution < 1.29 is 9.53 Å². The van der Waals surface area contributed by atoms with Gasteiger partial charge in [0.1, 0.15) is 0 Å². The molecule has 0 unspecified atom stereocenters. The van der Waals surface area contributed by atoms with E-state index in [9.17, 15) is 4.79 Å². The van der Waals surface area contributed by atoms with Crippen LogP contribution in [0.2, 0.25) is 0 Å². The molecular weight excluding hydrogens is 355 g/mol. The van der Waals surface area contributed by atoms with Crippen molar-refractivity contribution >= 4 is 36.1 Å². The first-order chi connectivity index (χ1) is 13.3.